The summed E-state index contributed by atoms with van der Waals surface area (Å²) in [5.74, 6) is 1.56. The van der Waals surface area contributed by atoms with Gasteiger partial charge in [0.15, 0.2) is 0 Å². The van der Waals surface area contributed by atoms with Gasteiger partial charge >= 0.3 is 0 Å². The molecule has 0 unspecified atom stereocenters. The third-order valence-electron chi connectivity index (χ3n) is 5.68. The van der Waals surface area contributed by atoms with E-state index in [1.165, 1.54) is 24.8 Å². The lowest BCUT2D eigenvalue weighted by molar-refractivity contribution is 0.0927. The van der Waals surface area contributed by atoms with E-state index in [1.807, 2.05) is 37.3 Å². The molecule has 1 amide bonds. The molecule has 162 valence electrons. The molecule has 3 rings (SSSR count). The first-order valence-corrected chi connectivity index (χ1v) is 11.2. The molecular formula is C26H35NO3. The standard InChI is InChI=1S/C26H35NO3/c1-5-29-24-16-11-19(25(28)27-22-9-7-6-8-10-22)17-20(24)18-30-23-14-12-21(13-15-23)26(2,3)4/h11-17,22H,5-10,18H2,1-4H3,(H,27,28). The summed E-state index contributed by atoms with van der Waals surface area (Å²) in [7, 11) is 0. The highest BCUT2D eigenvalue weighted by Crippen LogP contribution is 2.26. The summed E-state index contributed by atoms with van der Waals surface area (Å²) in [6.07, 6.45) is 5.81. The number of rotatable bonds is 7. The first-order chi connectivity index (χ1) is 14.4. The Balaban J connectivity index is 1.70. The average Bonchev–Trinajstić information content (AvgIpc) is 2.73. The molecule has 1 aliphatic rings. The van der Waals surface area contributed by atoms with E-state index in [1.54, 1.807) is 0 Å². The summed E-state index contributed by atoms with van der Waals surface area (Å²) in [6.45, 7) is 9.47. The highest BCUT2D eigenvalue weighted by Gasteiger charge is 2.18. The van der Waals surface area contributed by atoms with Crippen LogP contribution in [-0.4, -0.2) is 18.6 Å². The third kappa shape index (κ3) is 6.01. The van der Waals surface area contributed by atoms with Crippen LogP contribution in [0.5, 0.6) is 11.5 Å². The second kappa shape index (κ2) is 10.0. The van der Waals surface area contributed by atoms with Gasteiger partial charge in [0.05, 0.1) is 6.61 Å². The molecule has 4 heteroatoms. The normalized spacial score (nSPS) is 14.9. The quantitative estimate of drug-likeness (QED) is 0.608. The number of carbonyl (C=O) groups excluding carboxylic acids is 1. The lowest BCUT2D eigenvalue weighted by atomic mass is 9.87. The minimum Gasteiger partial charge on any atom is -0.493 e. The maximum Gasteiger partial charge on any atom is 0.251 e. The predicted molar refractivity (Wildman–Crippen MR) is 121 cm³/mol. The molecule has 1 aliphatic carbocycles. The van der Waals surface area contributed by atoms with Gasteiger partial charge < -0.3 is 14.8 Å². The van der Waals surface area contributed by atoms with Crippen molar-refractivity contribution in [3.05, 3.63) is 59.2 Å². The van der Waals surface area contributed by atoms with Gasteiger partial charge in [0.1, 0.15) is 18.1 Å². The van der Waals surface area contributed by atoms with Crippen LogP contribution in [-0.2, 0) is 12.0 Å². The second-order valence-electron chi connectivity index (χ2n) is 9.13. The van der Waals surface area contributed by atoms with Crippen LogP contribution in [0.1, 0.15) is 81.3 Å². The Labute approximate surface area is 181 Å². The molecular weight excluding hydrogens is 374 g/mol. The Morgan fingerprint density at radius 2 is 1.70 bits per heavy atom. The van der Waals surface area contributed by atoms with Gasteiger partial charge in [-0.1, -0.05) is 52.2 Å². The minimum atomic E-state index is -0.0132. The maximum absolute atomic E-state index is 12.7. The second-order valence-corrected chi connectivity index (χ2v) is 9.13. The summed E-state index contributed by atoms with van der Waals surface area (Å²) in [5, 5.41) is 3.19. The average molecular weight is 410 g/mol. The van der Waals surface area contributed by atoms with Crippen LogP contribution >= 0.6 is 0 Å². The lowest BCUT2D eigenvalue weighted by Gasteiger charge is -2.23. The van der Waals surface area contributed by atoms with Crippen molar-refractivity contribution in [2.75, 3.05) is 6.61 Å². The van der Waals surface area contributed by atoms with Gasteiger partial charge in [-0.2, -0.15) is 0 Å². The molecule has 0 bridgehead atoms. The van der Waals surface area contributed by atoms with Gasteiger partial charge in [-0.15, -0.1) is 0 Å². The molecule has 4 nitrogen and oxygen atoms in total. The van der Waals surface area contributed by atoms with Crippen LogP contribution in [0.4, 0.5) is 0 Å². The van der Waals surface area contributed by atoms with E-state index in [0.717, 1.165) is 29.9 Å². The van der Waals surface area contributed by atoms with Gasteiger partial charge in [0, 0.05) is 17.2 Å². The van der Waals surface area contributed by atoms with Crippen LogP contribution < -0.4 is 14.8 Å². The Morgan fingerprint density at radius 3 is 2.33 bits per heavy atom. The minimum absolute atomic E-state index is 0.0132. The molecule has 0 saturated heterocycles. The Kier molecular flexibility index (Phi) is 7.41. The van der Waals surface area contributed by atoms with Crippen LogP contribution in [0.3, 0.4) is 0 Å². The summed E-state index contributed by atoms with van der Waals surface area (Å²) < 4.78 is 11.8. The monoisotopic (exact) mass is 409 g/mol. The number of ether oxygens (including phenoxy) is 2. The molecule has 2 aromatic rings. The SMILES string of the molecule is CCOc1ccc(C(=O)NC2CCCCC2)cc1COc1ccc(C(C)(C)C)cc1. The van der Waals surface area contributed by atoms with E-state index in [0.29, 0.717) is 24.8 Å². The Bertz CT molecular complexity index is 830. The molecule has 0 atom stereocenters. The number of hydrogen-bond donors (Lipinski definition) is 1. The van der Waals surface area contributed by atoms with Gasteiger partial charge in [0.2, 0.25) is 0 Å². The Hall–Kier alpha value is -2.49. The maximum atomic E-state index is 12.7. The first kappa shape index (κ1) is 22.2. The highest BCUT2D eigenvalue weighted by molar-refractivity contribution is 5.94. The van der Waals surface area contributed by atoms with Gasteiger partial charge in [0.25, 0.3) is 5.91 Å². The fourth-order valence-corrected chi connectivity index (χ4v) is 3.86. The lowest BCUT2D eigenvalue weighted by Crippen LogP contribution is -2.36. The van der Waals surface area contributed by atoms with E-state index < -0.39 is 0 Å². The van der Waals surface area contributed by atoms with Gasteiger partial charge in [-0.3, -0.25) is 4.79 Å². The zero-order valence-electron chi connectivity index (χ0n) is 18.8. The summed E-state index contributed by atoms with van der Waals surface area (Å²) in [6, 6.07) is 14.1. The summed E-state index contributed by atoms with van der Waals surface area (Å²) in [4.78, 5) is 12.7. The molecule has 1 fully saturated rings. The summed E-state index contributed by atoms with van der Waals surface area (Å²) >= 11 is 0. The number of nitrogens with one attached hydrogen (secondary N) is 1. The van der Waals surface area contributed by atoms with Crippen LogP contribution in [0.15, 0.2) is 42.5 Å². The number of amides is 1. The van der Waals surface area contributed by atoms with Crippen molar-refractivity contribution < 1.29 is 14.3 Å². The molecule has 0 aliphatic heterocycles. The smallest absolute Gasteiger partial charge is 0.251 e. The molecule has 30 heavy (non-hydrogen) atoms. The first-order valence-electron chi connectivity index (χ1n) is 11.2. The number of benzene rings is 2. The molecule has 2 aromatic carbocycles. The molecule has 0 aromatic heterocycles. The van der Waals surface area contributed by atoms with E-state index >= 15 is 0 Å². The van der Waals surface area contributed by atoms with Crippen molar-refractivity contribution in [2.45, 2.75) is 77.9 Å². The molecule has 0 heterocycles. The third-order valence-corrected chi connectivity index (χ3v) is 5.68. The summed E-state index contributed by atoms with van der Waals surface area (Å²) in [5.41, 5.74) is 2.92. The van der Waals surface area contributed by atoms with Crippen molar-refractivity contribution in [3.63, 3.8) is 0 Å². The van der Waals surface area contributed by atoms with Crippen molar-refractivity contribution in [3.8, 4) is 11.5 Å². The fraction of sp³-hybridized carbons (Fsp3) is 0.500. The number of hydrogen-bond acceptors (Lipinski definition) is 3. The Morgan fingerprint density at radius 1 is 1.00 bits per heavy atom. The van der Waals surface area contributed by atoms with Crippen LogP contribution in [0.25, 0.3) is 0 Å². The zero-order valence-corrected chi connectivity index (χ0v) is 18.8. The van der Waals surface area contributed by atoms with E-state index in [2.05, 4.69) is 38.2 Å². The topological polar surface area (TPSA) is 47.6 Å². The van der Waals surface area contributed by atoms with Crippen molar-refractivity contribution in [2.24, 2.45) is 0 Å². The molecule has 0 spiro atoms. The predicted octanol–water partition coefficient (Wildman–Crippen LogP) is 6.02. The van der Waals surface area contributed by atoms with Gasteiger partial charge in [-0.25, -0.2) is 0 Å². The van der Waals surface area contributed by atoms with E-state index in [9.17, 15) is 4.79 Å². The van der Waals surface area contributed by atoms with Crippen LogP contribution in [0, 0.1) is 0 Å². The zero-order chi connectivity index (χ0) is 21.6. The van der Waals surface area contributed by atoms with E-state index in [-0.39, 0.29) is 11.3 Å². The molecule has 1 saturated carbocycles. The van der Waals surface area contributed by atoms with Crippen molar-refractivity contribution >= 4 is 5.91 Å². The molecule has 1 N–H and O–H groups in total. The van der Waals surface area contributed by atoms with Crippen LogP contribution in [0.2, 0.25) is 0 Å². The number of carbonyl (C=O) groups is 1. The highest BCUT2D eigenvalue weighted by atomic mass is 16.5. The van der Waals surface area contributed by atoms with Gasteiger partial charge in [-0.05, 0) is 61.1 Å². The van der Waals surface area contributed by atoms with Crippen molar-refractivity contribution in [1.29, 1.82) is 0 Å². The molecule has 0 radical (unpaired) electrons. The van der Waals surface area contributed by atoms with Crippen molar-refractivity contribution in [1.82, 2.24) is 5.32 Å². The largest absolute Gasteiger partial charge is 0.493 e. The fourth-order valence-electron chi connectivity index (χ4n) is 3.86. The van der Waals surface area contributed by atoms with E-state index in [4.69, 9.17) is 9.47 Å².